The second kappa shape index (κ2) is 5.88. The van der Waals surface area contributed by atoms with E-state index in [0.29, 0.717) is 10.8 Å². The number of benzene rings is 1. The summed E-state index contributed by atoms with van der Waals surface area (Å²) in [6.07, 6.45) is 2.01. The summed E-state index contributed by atoms with van der Waals surface area (Å²) in [6, 6.07) is 6.94. The Bertz CT molecular complexity index is 763. The average molecular weight is 301 g/mol. The van der Waals surface area contributed by atoms with Gasteiger partial charge >= 0.3 is 0 Å². The molecule has 1 saturated heterocycles. The lowest BCUT2D eigenvalue weighted by atomic mass is 10.1. The van der Waals surface area contributed by atoms with E-state index in [1.807, 2.05) is 6.92 Å². The maximum atomic E-state index is 12.5. The summed E-state index contributed by atoms with van der Waals surface area (Å²) in [6.45, 7) is 2.67. The Morgan fingerprint density at radius 1 is 1.41 bits per heavy atom. The van der Waals surface area contributed by atoms with Gasteiger partial charge in [-0.1, -0.05) is 18.2 Å². The molecule has 2 heterocycles. The minimum atomic E-state index is -0.283. The van der Waals surface area contributed by atoms with Gasteiger partial charge in [-0.05, 0) is 25.8 Å². The number of nitrogens with one attached hydrogen (secondary N) is 1. The van der Waals surface area contributed by atoms with Crippen LogP contribution in [-0.2, 0) is 11.8 Å². The zero-order valence-electron chi connectivity index (χ0n) is 12.7. The first kappa shape index (κ1) is 14.7. The van der Waals surface area contributed by atoms with E-state index >= 15 is 0 Å². The van der Waals surface area contributed by atoms with Crippen molar-refractivity contribution in [2.75, 3.05) is 6.61 Å². The van der Waals surface area contributed by atoms with E-state index in [1.165, 1.54) is 4.68 Å². The van der Waals surface area contributed by atoms with Crippen LogP contribution in [0, 0.1) is 0 Å². The molecule has 1 aromatic carbocycles. The lowest BCUT2D eigenvalue weighted by Crippen LogP contribution is -2.41. The summed E-state index contributed by atoms with van der Waals surface area (Å²) in [5.41, 5.74) is 0.0573. The minimum Gasteiger partial charge on any atom is -0.376 e. The van der Waals surface area contributed by atoms with Crippen molar-refractivity contribution in [1.82, 2.24) is 15.1 Å². The third-order valence-corrected chi connectivity index (χ3v) is 4.05. The summed E-state index contributed by atoms with van der Waals surface area (Å²) in [5, 5.41) is 8.13. The number of hydrogen-bond acceptors (Lipinski definition) is 4. The first-order valence-electron chi connectivity index (χ1n) is 7.46. The molecule has 1 aromatic heterocycles. The summed E-state index contributed by atoms with van der Waals surface area (Å²) in [4.78, 5) is 24.6. The Hall–Kier alpha value is -2.21. The van der Waals surface area contributed by atoms with Gasteiger partial charge < -0.3 is 10.1 Å². The number of nitrogens with zero attached hydrogens (tertiary/aromatic N) is 2. The molecule has 0 aliphatic carbocycles. The van der Waals surface area contributed by atoms with Crippen LogP contribution in [0.1, 0.15) is 30.3 Å². The fourth-order valence-electron chi connectivity index (χ4n) is 2.83. The molecule has 6 nitrogen and oxygen atoms in total. The molecule has 116 valence electrons. The molecule has 0 saturated carbocycles. The number of rotatable bonds is 3. The van der Waals surface area contributed by atoms with Gasteiger partial charge in [0, 0.05) is 19.0 Å². The molecular weight excluding hydrogens is 282 g/mol. The van der Waals surface area contributed by atoms with Crippen molar-refractivity contribution in [2.45, 2.75) is 31.9 Å². The number of fused-ring (bicyclic) bond motifs is 1. The molecule has 3 rings (SSSR count). The van der Waals surface area contributed by atoms with Crippen molar-refractivity contribution in [2.24, 2.45) is 7.05 Å². The van der Waals surface area contributed by atoms with Gasteiger partial charge in [0.25, 0.3) is 11.5 Å². The van der Waals surface area contributed by atoms with E-state index in [-0.39, 0.29) is 29.3 Å². The predicted molar refractivity (Wildman–Crippen MR) is 82.9 cm³/mol. The van der Waals surface area contributed by atoms with Crippen molar-refractivity contribution in [3.8, 4) is 0 Å². The first-order chi connectivity index (χ1) is 10.6. The molecule has 0 spiro atoms. The summed E-state index contributed by atoms with van der Waals surface area (Å²) < 4.78 is 6.79. The highest BCUT2D eigenvalue weighted by Crippen LogP contribution is 2.17. The van der Waals surface area contributed by atoms with Crippen molar-refractivity contribution in [3.05, 3.63) is 40.3 Å². The highest BCUT2D eigenvalue weighted by molar-refractivity contribution is 6.04. The fraction of sp³-hybridized carbons (Fsp3) is 0.438. The molecule has 6 heteroatoms. The van der Waals surface area contributed by atoms with E-state index in [9.17, 15) is 9.59 Å². The lowest BCUT2D eigenvalue weighted by Gasteiger charge is -2.20. The Kier molecular flexibility index (Phi) is 3.94. The molecule has 2 aromatic rings. The van der Waals surface area contributed by atoms with Gasteiger partial charge in [-0.15, -0.1) is 0 Å². The van der Waals surface area contributed by atoms with E-state index in [1.54, 1.807) is 31.3 Å². The number of ether oxygens (including phenoxy) is 1. The Balaban J connectivity index is 1.94. The molecule has 22 heavy (non-hydrogen) atoms. The predicted octanol–water partition coefficient (Wildman–Crippen LogP) is 1.23. The third kappa shape index (κ3) is 2.62. The van der Waals surface area contributed by atoms with Crippen LogP contribution in [-0.4, -0.2) is 34.4 Å². The van der Waals surface area contributed by atoms with Crippen LogP contribution in [0.5, 0.6) is 0 Å². The van der Waals surface area contributed by atoms with Gasteiger partial charge in [0.1, 0.15) is 0 Å². The minimum absolute atomic E-state index is 0.0442. The summed E-state index contributed by atoms with van der Waals surface area (Å²) >= 11 is 0. The van der Waals surface area contributed by atoms with Gasteiger partial charge in [0.05, 0.1) is 17.5 Å². The zero-order chi connectivity index (χ0) is 15.7. The number of aryl methyl sites for hydroxylation is 1. The van der Waals surface area contributed by atoms with Crippen LogP contribution in [0.2, 0.25) is 0 Å². The summed E-state index contributed by atoms with van der Waals surface area (Å²) in [5.74, 6) is -0.283. The van der Waals surface area contributed by atoms with E-state index < -0.39 is 0 Å². The molecule has 2 atom stereocenters. The molecule has 0 unspecified atom stereocenters. The van der Waals surface area contributed by atoms with E-state index in [2.05, 4.69) is 10.4 Å². The number of aromatic nitrogens is 2. The van der Waals surface area contributed by atoms with Crippen LogP contribution >= 0.6 is 0 Å². The second-order valence-corrected chi connectivity index (χ2v) is 5.64. The molecule has 1 fully saturated rings. The van der Waals surface area contributed by atoms with Crippen LogP contribution < -0.4 is 10.9 Å². The normalized spacial score (nSPS) is 19.3. The van der Waals surface area contributed by atoms with E-state index in [4.69, 9.17) is 4.74 Å². The molecular formula is C16H19N3O3. The molecule has 0 radical (unpaired) electrons. The average Bonchev–Trinajstić information content (AvgIpc) is 3.05. The molecule has 1 amide bonds. The van der Waals surface area contributed by atoms with Gasteiger partial charge in [-0.25, -0.2) is 4.68 Å². The fourth-order valence-corrected chi connectivity index (χ4v) is 2.83. The van der Waals surface area contributed by atoms with Crippen molar-refractivity contribution in [3.63, 3.8) is 0 Å². The number of amides is 1. The van der Waals surface area contributed by atoms with Crippen LogP contribution in [0.4, 0.5) is 0 Å². The molecule has 1 N–H and O–H groups in total. The number of hydrogen-bond donors (Lipinski definition) is 1. The maximum Gasteiger partial charge on any atom is 0.274 e. The monoisotopic (exact) mass is 301 g/mol. The highest BCUT2D eigenvalue weighted by Gasteiger charge is 2.25. The standard InChI is InChI=1S/C16H19N3O3/c1-10(13-8-5-9-22-13)17-15(20)14-11-6-3-4-7-12(11)16(21)19(2)18-14/h3-4,6-7,10,13H,5,8-9H2,1-2H3,(H,17,20)/t10-,13-/m1/s1. The zero-order valence-corrected chi connectivity index (χ0v) is 12.7. The number of carbonyl (C=O) groups excluding carboxylic acids is 1. The van der Waals surface area contributed by atoms with Gasteiger partial charge in [-0.2, -0.15) is 5.10 Å². The van der Waals surface area contributed by atoms with Crippen LogP contribution in [0.15, 0.2) is 29.1 Å². The van der Waals surface area contributed by atoms with Crippen molar-refractivity contribution < 1.29 is 9.53 Å². The second-order valence-electron chi connectivity index (χ2n) is 5.64. The topological polar surface area (TPSA) is 73.2 Å². The molecule has 0 bridgehead atoms. The summed E-state index contributed by atoms with van der Waals surface area (Å²) in [7, 11) is 1.55. The largest absolute Gasteiger partial charge is 0.376 e. The Labute approximate surface area is 128 Å². The molecule has 1 aliphatic heterocycles. The van der Waals surface area contributed by atoms with E-state index in [0.717, 1.165) is 19.4 Å². The quantitative estimate of drug-likeness (QED) is 0.925. The van der Waals surface area contributed by atoms with Crippen LogP contribution in [0.25, 0.3) is 10.8 Å². The highest BCUT2D eigenvalue weighted by atomic mass is 16.5. The Morgan fingerprint density at radius 3 is 2.82 bits per heavy atom. The lowest BCUT2D eigenvalue weighted by molar-refractivity contribution is 0.0709. The third-order valence-electron chi connectivity index (χ3n) is 4.05. The van der Waals surface area contributed by atoms with Gasteiger partial charge in [0.15, 0.2) is 5.69 Å². The SMILES string of the molecule is C[C@@H](NC(=O)c1nn(C)c(=O)c2ccccc12)[C@H]1CCCO1. The maximum absolute atomic E-state index is 12.5. The van der Waals surface area contributed by atoms with Gasteiger partial charge in [-0.3, -0.25) is 9.59 Å². The number of carbonyl (C=O) groups is 1. The van der Waals surface area contributed by atoms with Crippen molar-refractivity contribution >= 4 is 16.7 Å². The van der Waals surface area contributed by atoms with Crippen molar-refractivity contribution in [1.29, 1.82) is 0 Å². The smallest absolute Gasteiger partial charge is 0.274 e. The van der Waals surface area contributed by atoms with Gasteiger partial charge in [0.2, 0.25) is 0 Å². The molecule has 1 aliphatic rings. The van der Waals surface area contributed by atoms with Crippen LogP contribution in [0.3, 0.4) is 0 Å². The Morgan fingerprint density at radius 2 is 2.14 bits per heavy atom. The first-order valence-corrected chi connectivity index (χ1v) is 7.46.